The van der Waals surface area contributed by atoms with Crippen molar-refractivity contribution >= 4 is 23.6 Å². The van der Waals surface area contributed by atoms with E-state index in [1.54, 1.807) is 0 Å². The maximum Gasteiger partial charge on any atom is 0.164 e. The Morgan fingerprint density at radius 3 is 0.955 bits per heavy atom. The highest BCUT2D eigenvalue weighted by Crippen LogP contribution is 2.47. The minimum atomic E-state index is -2.74. The second-order valence-electron chi connectivity index (χ2n) is 12.6. The van der Waals surface area contributed by atoms with Crippen LogP contribution in [-0.4, -0.2) is 8.07 Å². The molecule has 1 radical (unpaired) electrons. The molecule has 0 bridgehead atoms. The Morgan fingerprint density at radius 1 is 0.364 bits per heavy atom. The Labute approximate surface area is 267 Å². The highest BCUT2D eigenvalue weighted by Gasteiger charge is 2.51. The minimum absolute atomic E-state index is 1.14. The van der Waals surface area contributed by atoms with Crippen LogP contribution in [0.5, 0.6) is 0 Å². The second kappa shape index (κ2) is 14.0. The van der Waals surface area contributed by atoms with Gasteiger partial charge in [0.05, 0.1) is 0 Å². The van der Waals surface area contributed by atoms with Crippen LogP contribution in [0.2, 0.25) is 0 Å². The number of aryl methyl sites for hydroxylation is 3. The van der Waals surface area contributed by atoms with E-state index in [-0.39, 0.29) is 0 Å². The molecular formula is C43H47Si. The minimum Gasteiger partial charge on any atom is -0.0654 e. The summed E-state index contributed by atoms with van der Waals surface area (Å²) in [5, 5.41) is 4.42. The maximum atomic E-state index is 2.49. The first-order valence-electron chi connectivity index (χ1n) is 17.1. The van der Waals surface area contributed by atoms with Gasteiger partial charge in [-0.25, -0.2) is 0 Å². The molecule has 1 aliphatic rings. The molecule has 6 rings (SSSR count). The van der Waals surface area contributed by atoms with E-state index in [1.165, 1.54) is 98.6 Å². The molecular weight excluding hydrogens is 545 g/mol. The highest BCUT2D eigenvalue weighted by atomic mass is 28.3. The van der Waals surface area contributed by atoms with Gasteiger partial charge in [0.1, 0.15) is 0 Å². The van der Waals surface area contributed by atoms with E-state index in [4.69, 9.17) is 0 Å². The predicted molar refractivity (Wildman–Crippen MR) is 193 cm³/mol. The molecule has 0 unspecified atom stereocenters. The number of benzene rings is 5. The molecule has 44 heavy (non-hydrogen) atoms. The molecule has 5 aromatic carbocycles. The van der Waals surface area contributed by atoms with Crippen LogP contribution in [0.15, 0.2) is 121 Å². The summed E-state index contributed by atoms with van der Waals surface area (Å²) in [6.07, 6.45) is 10.8. The van der Waals surface area contributed by atoms with Gasteiger partial charge in [-0.3, -0.25) is 0 Å². The first-order valence-corrected chi connectivity index (χ1v) is 19.1. The fraction of sp³-hybridized carbons (Fsp3) is 0.279. The van der Waals surface area contributed by atoms with Crippen LogP contribution in [0.1, 0.15) is 87.1 Å². The Bertz CT molecular complexity index is 1470. The van der Waals surface area contributed by atoms with Gasteiger partial charge < -0.3 is 0 Å². The molecule has 0 atom stereocenters. The quantitative estimate of drug-likeness (QED) is 0.0945. The van der Waals surface area contributed by atoms with Crippen LogP contribution in [-0.2, 0) is 19.3 Å². The second-order valence-corrected chi connectivity index (χ2v) is 16.3. The van der Waals surface area contributed by atoms with E-state index < -0.39 is 8.07 Å². The zero-order valence-corrected chi connectivity index (χ0v) is 27.9. The van der Waals surface area contributed by atoms with Gasteiger partial charge in [-0.05, 0) is 93.0 Å². The van der Waals surface area contributed by atoms with E-state index >= 15 is 0 Å². The average Bonchev–Trinajstić information content (AvgIpc) is 3.42. The standard InChI is InChI=1S/C43H47Si/c1-4-7-14-33-21-27-36(28-22-33)44(37-29-23-34(24-30-37)15-8-5-2,38-31-25-35(26-32-38)16-9-6-3)43-41-19-12-10-17-39(41)40-18-11-13-20-42(40)43/h10-13,17-32H,4-9,14-16H2,1-3H3. The summed E-state index contributed by atoms with van der Waals surface area (Å²) >= 11 is 0. The summed E-state index contributed by atoms with van der Waals surface area (Å²) in [5.74, 6) is 0. The third kappa shape index (κ3) is 5.75. The van der Waals surface area contributed by atoms with Crippen molar-refractivity contribution in [3.8, 4) is 11.1 Å². The summed E-state index contributed by atoms with van der Waals surface area (Å²) in [5.41, 5.74) is 11.4. The summed E-state index contributed by atoms with van der Waals surface area (Å²) in [6, 6.07) is 47.8. The number of hydrogen-bond acceptors (Lipinski definition) is 0. The molecule has 0 aliphatic heterocycles. The molecule has 223 valence electrons. The molecule has 5 aromatic rings. The zero-order chi connectivity index (χ0) is 30.4. The lowest BCUT2D eigenvalue weighted by Crippen LogP contribution is -2.71. The van der Waals surface area contributed by atoms with Crippen molar-refractivity contribution in [1.82, 2.24) is 0 Å². The largest absolute Gasteiger partial charge is 0.164 e. The number of unbranched alkanes of at least 4 members (excludes halogenated alkanes) is 3. The summed E-state index contributed by atoms with van der Waals surface area (Å²) < 4.78 is 0. The Balaban J connectivity index is 1.63. The normalized spacial score (nSPS) is 12.7. The predicted octanol–water partition coefficient (Wildman–Crippen LogP) is 9.38. The van der Waals surface area contributed by atoms with Gasteiger partial charge in [-0.1, -0.05) is 161 Å². The lowest BCUT2D eigenvalue weighted by atomic mass is 10.1. The van der Waals surface area contributed by atoms with Crippen LogP contribution in [0.3, 0.4) is 0 Å². The molecule has 0 N–H and O–H groups in total. The lowest BCUT2D eigenvalue weighted by molar-refractivity contribution is 0.795. The van der Waals surface area contributed by atoms with Gasteiger partial charge in [0.25, 0.3) is 0 Å². The zero-order valence-electron chi connectivity index (χ0n) is 26.9. The third-order valence-corrected chi connectivity index (χ3v) is 14.6. The molecule has 0 heterocycles. The molecule has 0 saturated heterocycles. The van der Waals surface area contributed by atoms with Crippen LogP contribution < -0.4 is 15.6 Å². The fourth-order valence-corrected chi connectivity index (χ4v) is 12.4. The van der Waals surface area contributed by atoms with E-state index in [0.29, 0.717) is 0 Å². The molecule has 0 spiro atoms. The first-order chi connectivity index (χ1) is 21.7. The third-order valence-electron chi connectivity index (χ3n) is 9.68. The maximum absolute atomic E-state index is 2.74. The Kier molecular flexibility index (Phi) is 9.62. The van der Waals surface area contributed by atoms with E-state index in [2.05, 4.69) is 142 Å². The van der Waals surface area contributed by atoms with Gasteiger partial charge in [0.2, 0.25) is 0 Å². The van der Waals surface area contributed by atoms with Gasteiger partial charge in [-0.2, -0.15) is 0 Å². The van der Waals surface area contributed by atoms with Gasteiger partial charge in [0, 0.05) is 5.54 Å². The van der Waals surface area contributed by atoms with E-state index in [1.807, 2.05) is 0 Å². The monoisotopic (exact) mass is 591 g/mol. The van der Waals surface area contributed by atoms with Crippen molar-refractivity contribution in [3.63, 3.8) is 0 Å². The summed E-state index contributed by atoms with van der Waals surface area (Å²) in [7, 11) is -2.74. The molecule has 0 nitrogen and oxygen atoms in total. The molecule has 0 saturated carbocycles. The van der Waals surface area contributed by atoms with Crippen molar-refractivity contribution in [3.05, 3.63) is 155 Å². The van der Waals surface area contributed by atoms with Crippen LogP contribution in [0, 0.1) is 5.54 Å². The average molecular weight is 592 g/mol. The van der Waals surface area contributed by atoms with Crippen molar-refractivity contribution in [1.29, 1.82) is 0 Å². The Hall–Kier alpha value is -3.68. The van der Waals surface area contributed by atoms with Gasteiger partial charge in [-0.15, -0.1) is 0 Å². The van der Waals surface area contributed by atoms with Crippen LogP contribution >= 0.6 is 0 Å². The first kappa shape index (κ1) is 30.3. The fourth-order valence-electron chi connectivity index (χ4n) is 7.26. The number of fused-ring (bicyclic) bond motifs is 3. The van der Waals surface area contributed by atoms with Crippen molar-refractivity contribution in [2.24, 2.45) is 0 Å². The summed E-state index contributed by atoms with van der Waals surface area (Å²) in [6.45, 7) is 6.85. The van der Waals surface area contributed by atoms with E-state index in [0.717, 1.165) is 19.3 Å². The Morgan fingerprint density at radius 2 is 0.659 bits per heavy atom. The lowest BCUT2D eigenvalue weighted by Gasteiger charge is -2.40. The molecule has 0 fully saturated rings. The van der Waals surface area contributed by atoms with Gasteiger partial charge >= 0.3 is 0 Å². The van der Waals surface area contributed by atoms with Crippen molar-refractivity contribution < 1.29 is 0 Å². The van der Waals surface area contributed by atoms with E-state index in [9.17, 15) is 0 Å². The van der Waals surface area contributed by atoms with Crippen molar-refractivity contribution in [2.75, 3.05) is 0 Å². The molecule has 0 aromatic heterocycles. The molecule has 1 aliphatic carbocycles. The molecule has 1 heteroatoms. The highest BCUT2D eigenvalue weighted by molar-refractivity contribution is 7.16. The number of rotatable bonds is 13. The van der Waals surface area contributed by atoms with Crippen LogP contribution in [0.25, 0.3) is 11.1 Å². The smallest absolute Gasteiger partial charge is 0.0654 e. The summed E-state index contributed by atoms with van der Waals surface area (Å²) in [4.78, 5) is 0. The van der Waals surface area contributed by atoms with Crippen molar-refractivity contribution in [2.45, 2.75) is 78.6 Å². The van der Waals surface area contributed by atoms with Gasteiger partial charge in [0.15, 0.2) is 8.07 Å². The van der Waals surface area contributed by atoms with Crippen LogP contribution in [0.4, 0.5) is 0 Å². The number of hydrogen-bond donors (Lipinski definition) is 0. The SMILES string of the molecule is CCCCc1ccc([Si]([C]2c3ccccc3-c3ccccc32)(c2ccc(CCCC)cc2)c2ccc(CCCC)cc2)cc1. The topological polar surface area (TPSA) is 0 Å². The molecule has 0 amide bonds.